The second kappa shape index (κ2) is 8.48. The molecule has 0 spiro atoms. The minimum absolute atomic E-state index is 0.0908. The molecule has 7 nitrogen and oxygen atoms in total. The van der Waals surface area contributed by atoms with Gasteiger partial charge in [-0.1, -0.05) is 30.3 Å². The minimum Gasteiger partial charge on any atom is -0.484 e. The van der Waals surface area contributed by atoms with E-state index in [9.17, 15) is 14.4 Å². The van der Waals surface area contributed by atoms with E-state index in [1.165, 1.54) is 0 Å². The molecule has 1 aromatic heterocycles. The van der Waals surface area contributed by atoms with E-state index in [4.69, 9.17) is 4.74 Å². The molecule has 0 aliphatic heterocycles. The molecule has 0 unspecified atom stereocenters. The van der Waals surface area contributed by atoms with Crippen LogP contribution in [0.4, 0.5) is 0 Å². The van der Waals surface area contributed by atoms with Crippen molar-refractivity contribution in [1.29, 1.82) is 0 Å². The van der Waals surface area contributed by atoms with E-state index in [-0.39, 0.29) is 12.4 Å². The van der Waals surface area contributed by atoms with Crippen molar-refractivity contribution in [3.63, 3.8) is 0 Å². The Hall–Kier alpha value is -3.87. The number of ether oxygens (including phenoxy) is 1. The van der Waals surface area contributed by atoms with E-state index in [1.807, 2.05) is 6.07 Å². The van der Waals surface area contributed by atoms with E-state index in [2.05, 4.69) is 15.8 Å². The Morgan fingerprint density at radius 1 is 0.815 bits per heavy atom. The maximum Gasteiger partial charge on any atom is 0.286 e. The molecule has 0 bridgehead atoms. The number of carbonyl (C=O) groups excluding carboxylic acids is 3. The molecule has 3 N–H and O–H groups in total. The van der Waals surface area contributed by atoms with Crippen LogP contribution in [0.5, 0.6) is 5.75 Å². The molecule has 2 aromatic carbocycles. The van der Waals surface area contributed by atoms with Gasteiger partial charge in [-0.15, -0.1) is 0 Å². The first-order valence-corrected chi connectivity index (χ1v) is 8.18. The topological polar surface area (TPSA) is 100 Å². The maximum absolute atomic E-state index is 12.3. The van der Waals surface area contributed by atoms with Gasteiger partial charge in [0.05, 0.1) is 0 Å². The van der Waals surface area contributed by atoms with Crippen molar-refractivity contribution in [2.75, 3.05) is 6.61 Å². The molecule has 3 rings (SSSR count). The molecule has 0 saturated heterocycles. The van der Waals surface area contributed by atoms with Crippen molar-refractivity contribution in [2.45, 2.75) is 0 Å². The Morgan fingerprint density at radius 3 is 2.19 bits per heavy atom. The molecule has 136 valence electrons. The average molecular weight is 363 g/mol. The molecular formula is C20H17N3O4. The van der Waals surface area contributed by atoms with Crippen LogP contribution in [0.15, 0.2) is 72.9 Å². The largest absolute Gasteiger partial charge is 0.484 e. The fourth-order valence-electron chi connectivity index (χ4n) is 2.31. The molecule has 27 heavy (non-hydrogen) atoms. The molecule has 3 aromatic rings. The summed E-state index contributed by atoms with van der Waals surface area (Å²) < 4.78 is 5.35. The summed E-state index contributed by atoms with van der Waals surface area (Å²) in [6.07, 6.45) is 1.60. The van der Waals surface area contributed by atoms with Crippen LogP contribution in [-0.2, 0) is 4.79 Å². The smallest absolute Gasteiger partial charge is 0.286 e. The lowest BCUT2D eigenvalue weighted by Crippen LogP contribution is -2.43. The zero-order chi connectivity index (χ0) is 19.1. The number of benzene rings is 2. The van der Waals surface area contributed by atoms with Crippen LogP contribution in [0.3, 0.4) is 0 Å². The van der Waals surface area contributed by atoms with Gasteiger partial charge in [-0.05, 0) is 36.4 Å². The number of carbonyl (C=O) groups is 3. The van der Waals surface area contributed by atoms with Crippen molar-refractivity contribution < 1.29 is 19.1 Å². The van der Waals surface area contributed by atoms with Gasteiger partial charge in [-0.3, -0.25) is 25.2 Å². The average Bonchev–Trinajstić information content (AvgIpc) is 3.26. The van der Waals surface area contributed by atoms with Gasteiger partial charge in [0.2, 0.25) is 0 Å². The first kappa shape index (κ1) is 17.9. The minimum atomic E-state index is -0.514. The lowest BCUT2D eigenvalue weighted by Gasteiger charge is -2.09. The summed E-state index contributed by atoms with van der Waals surface area (Å²) >= 11 is 0. The van der Waals surface area contributed by atoms with E-state index >= 15 is 0 Å². The standard InChI is InChI=1S/C20H17N3O4/c24-18(22-23-20(26)17-7-4-12-21-17)13-27-16-10-8-15(9-11-16)19(25)14-5-2-1-3-6-14/h1-12,21H,13H2,(H,22,24)(H,23,26). The van der Waals surface area contributed by atoms with Crippen LogP contribution in [-0.4, -0.2) is 29.2 Å². The predicted molar refractivity (Wildman–Crippen MR) is 98.2 cm³/mol. The van der Waals surface area contributed by atoms with Crippen LogP contribution in [0.1, 0.15) is 26.4 Å². The highest BCUT2D eigenvalue weighted by atomic mass is 16.5. The summed E-state index contributed by atoms with van der Waals surface area (Å²) in [5, 5.41) is 0. The van der Waals surface area contributed by atoms with E-state index < -0.39 is 11.8 Å². The molecule has 0 saturated carbocycles. The number of H-pyrrole nitrogens is 1. The van der Waals surface area contributed by atoms with Gasteiger partial charge in [-0.25, -0.2) is 0 Å². The zero-order valence-corrected chi connectivity index (χ0v) is 14.3. The lowest BCUT2D eigenvalue weighted by molar-refractivity contribution is -0.123. The lowest BCUT2D eigenvalue weighted by atomic mass is 10.0. The number of aromatic amines is 1. The van der Waals surface area contributed by atoms with Gasteiger partial charge in [-0.2, -0.15) is 0 Å². The van der Waals surface area contributed by atoms with Gasteiger partial charge in [0.25, 0.3) is 11.8 Å². The summed E-state index contributed by atoms with van der Waals surface area (Å²) in [7, 11) is 0. The third-order valence-electron chi connectivity index (χ3n) is 3.68. The van der Waals surface area contributed by atoms with Crippen molar-refractivity contribution >= 4 is 17.6 Å². The third-order valence-corrected chi connectivity index (χ3v) is 3.68. The highest BCUT2D eigenvalue weighted by molar-refractivity contribution is 6.09. The van der Waals surface area contributed by atoms with Gasteiger partial charge in [0, 0.05) is 17.3 Å². The first-order valence-electron chi connectivity index (χ1n) is 8.18. The SMILES string of the molecule is O=C(COc1ccc(C(=O)c2ccccc2)cc1)NNC(=O)c1ccc[nH]1. The third kappa shape index (κ3) is 4.82. The molecule has 0 atom stereocenters. The Bertz CT molecular complexity index is 920. The van der Waals surface area contributed by atoms with Gasteiger partial charge >= 0.3 is 0 Å². The Morgan fingerprint density at radius 2 is 1.52 bits per heavy atom. The molecule has 7 heteroatoms. The van der Waals surface area contributed by atoms with Crippen LogP contribution >= 0.6 is 0 Å². The molecule has 0 aliphatic rings. The van der Waals surface area contributed by atoms with Crippen molar-refractivity contribution in [2.24, 2.45) is 0 Å². The molecule has 0 fully saturated rings. The summed E-state index contributed by atoms with van der Waals surface area (Å²) in [5.74, 6) is -0.631. The molecule has 1 heterocycles. The molecule has 0 radical (unpaired) electrons. The molecule has 0 aliphatic carbocycles. The summed E-state index contributed by atoms with van der Waals surface area (Å²) in [5.41, 5.74) is 5.98. The Labute approximate surface area is 155 Å². The first-order chi connectivity index (χ1) is 13.1. The number of hydrogen-bond acceptors (Lipinski definition) is 4. The zero-order valence-electron chi connectivity index (χ0n) is 14.3. The number of ketones is 1. The number of hydrazine groups is 1. The number of rotatable bonds is 6. The van der Waals surface area contributed by atoms with E-state index in [0.29, 0.717) is 22.6 Å². The van der Waals surface area contributed by atoms with Crippen LogP contribution < -0.4 is 15.6 Å². The molecule has 2 amide bonds. The van der Waals surface area contributed by atoms with Gasteiger partial charge in [0.15, 0.2) is 12.4 Å². The quantitative estimate of drug-likeness (QED) is 0.461. The summed E-state index contributed by atoms with van der Waals surface area (Å²) in [4.78, 5) is 38.5. The fraction of sp³-hybridized carbons (Fsp3) is 0.0500. The monoisotopic (exact) mass is 363 g/mol. The fourth-order valence-corrected chi connectivity index (χ4v) is 2.31. The number of hydrogen-bond donors (Lipinski definition) is 3. The van der Waals surface area contributed by atoms with Crippen molar-refractivity contribution in [3.8, 4) is 5.75 Å². The number of amides is 2. The summed E-state index contributed by atoms with van der Waals surface area (Å²) in [6.45, 7) is -0.281. The summed E-state index contributed by atoms with van der Waals surface area (Å²) in [6, 6.07) is 18.7. The van der Waals surface area contributed by atoms with Crippen LogP contribution in [0.25, 0.3) is 0 Å². The Balaban J connectivity index is 1.48. The Kier molecular flexibility index (Phi) is 5.64. The van der Waals surface area contributed by atoms with Gasteiger partial charge in [0.1, 0.15) is 11.4 Å². The highest BCUT2D eigenvalue weighted by Crippen LogP contribution is 2.15. The van der Waals surface area contributed by atoms with Crippen molar-refractivity contribution in [1.82, 2.24) is 15.8 Å². The van der Waals surface area contributed by atoms with E-state index in [1.54, 1.807) is 66.9 Å². The van der Waals surface area contributed by atoms with E-state index in [0.717, 1.165) is 0 Å². The second-order valence-corrected chi connectivity index (χ2v) is 5.59. The van der Waals surface area contributed by atoms with Crippen LogP contribution in [0.2, 0.25) is 0 Å². The number of aromatic nitrogens is 1. The van der Waals surface area contributed by atoms with Gasteiger partial charge < -0.3 is 9.72 Å². The normalized spacial score (nSPS) is 10.1. The van der Waals surface area contributed by atoms with Crippen LogP contribution in [0, 0.1) is 0 Å². The number of nitrogens with one attached hydrogen (secondary N) is 3. The second-order valence-electron chi connectivity index (χ2n) is 5.59. The maximum atomic E-state index is 12.3. The predicted octanol–water partition coefficient (Wildman–Crippen LogP) is 2.09. The highest BCUT2D eigenvalue weighted by Gasteiger charge is 2.10. The molecular weight excluding hydrogens is 346 g/mol. The van der Waals surface area contributed by atoms with Crippen molar-refractivity contribution in [3.05, 3.63) is 89.7 Å².